The standard InChI is InChI=1S/C19H22ClFN4O4/c1-2-29-17(26)6-4-3-5-10-22-19(28)25-11-9-16(24-25)18(27)23-13-7-8-15(21)14(20)12-13/h7-9,11-12H,2-6,10H2,1H3,(H,22,28)(H,23,27). The number of esters is 1. The summed E-state index contributed by atoms with van der Waals surface area (Å²) in [5.74, 6) is -1.37. The van der Waals surface area contributed by atoms with Crippen molar-refractivity contribution in [2.24, 2.45) is 0 Å². The number of nitrogens with one attached hydrogen (secondary N) is 2. The van der Waals surface area contributed by atoms with Crippen molar-refractivity contribution < 1.29 is 23.5 Å². The molecule has 2 aromatic rings. The van der Waals surface area contributed by atoms with Crippen molar-refractivity contribution in [3.8, 4) is 0 Å². The molecule has 0 unspecified atom stereocenters. The Hall–Kier alpha value is -2.94. The van der Waals surface area contributed by atoms with Gasteiger partial charge in [0.1, 0.15) is 5.82 Å². The van der Waals surface area contributed by atoms with Crippen LogP contribution in [0.15, 0.2) is 30.5 Å². The molecule has 0 aliphatic heterocycles. The lowest BCUT2D eigenvalue weighted by molar-refractivity contribution is -0.143. The molecule has 0 atom stereocenters. The van der Waals surface area contributed by atoms with Gasteiger partial charge in [0.05, 0.1) is 11.6 Å². The van der Waals surface area contributed by atoms with E-state index in [-0.39, 0.29) is 16.7 Å². The Labute approximate surface area is 172 Å². The van der Waals surface area contributed by atoms with Crippen molar-refractivity contribution in [3.63, 3.8) is 0 Å². The topological polar surface area (TPSA) is 102 Å². The van der Waals surface area contributed by atoms with E-state index in [0.29, 0.717) is 38.1 Å². The molecule has 8 nitrogen and oxygen atoms in total. The van der Waals surface area contributed by atoms with Crippen LogP contribution >= 0.6 is 11.6 Å². The molecule has 0 aliphatic carbocycles. The lowest BCUT2D eigenvalue weighted by Gasteiger charge is -2.05. The van der Waals surface area contributed by atoms with Crippen LogP contribution in [0.1, 0.15) is 43.1 Å². The predicted octanol–water partition coefficient (Wildman–Crippen LogP) is 3.61. The fourth-order valence-corrected chi connectivity index (χ4v) is 2.59. The number of carbonyl (C=O) groups is 3. The monoisotopic (exact) mass is 424 g/mol. The first-order chi connectivity index (χ1) is 13.9. The molecule has 0 saturated carbocycles. The Balaban J connectivity index is 1.75. The molecule has 1 heterocycles. The van der Waals surface area contributed by atoms with Crippen molar-refractivity contribution in [3.05, 3.63) is 47.0 Å². The number of ether oxygens (including phenoxy) is 1. The van der Waals surface area contributed by atoms with Crippen molar-refractivity contribution in [1.82, 2.24) is 15.1 Å². The maximum Gasteiger partial charge on any atom is 0.342 e. The van der Waals surface area contributed by atoms with E-state index in [1.165, 1.54) is 24.4 Å². The van der Waals surface area contributed by atoms with Crippen LogP contribution in [0.25, 0.3) is 0 Å². The highest BCUT2D eigenvalue weighted by atomic mass is 35.5. The van der Waals surface area contributed by atoms with Crippen molar-refractivity contribution in [2.75, 3.05) is 18.5 Å². The Morgan fingerprint density at radius 2 is 2.00 bits per heavy atom. The van der Waals surface area contributed by atoms with E-state index in [2.05, 4.69) is 15.7 Å². The molecule has 29 heavy (non-hydrogen) atoms. The molecule has 2 rings (SSSR count). The smallest absolute Gasteiger partial charge is 0.342 e. The number of amides is 2. The van der Waals surface area contributed by atoms with E-state index in [4.69, 9.17) is 16.3 Å². The van der Waals surface area contributed by atoms with Crippen LogP contribution in [-0.2, 0) is 9.53 Å². The number of rotatable bonds is 9. The Kier molecular flexibility index (Phi) is 8.60. The lowest BCUT2D eigenvalue weighted by Crippen LogP contribution is -2.30. The number of halogens is 2. The third-order valence-corrected chi connectivity index (χ3v) is 4.14. The minimum atomic E-state index is -0.591. The van der Waals surface area contributed by atoms with Gasteiger partial charge < -0.3 is 15.4 Å². The van der Waals surface area contributed by atoms with Crippen LogP contribution in [0.3, 0.4) is 0 Å². The van der Waals surface area contributed by atoms with Gasteiger partial charge in [0.25, 0.3) is 5.91 Å². The van der Waals surface area contributed by atoms with Gasteiger partial charge in [-0.15, -0.1) is 0 Å². The van der Waals surface area contributed by atoms with Crippen molar-refractivity contribution in [1.29, 1.82) is 0 Å². The van der Waals surface area contributed by atoms with E-state index in [0.717, 1.165) is 17.2 Å². The van der Waals surface area contributed by atoms with Crippen molar-refractivity contribution >= 4 is 35.2 Å². The van der Waals surface area contributed by atoms with Crippen LogP contribution < -0.4 is 10.6 Å². The van der Waals surface area contributed by atoms with E-state index in [9.17, 15) is 18.8 Å². The molecule has 0 bridgehead atoms. The van der Waals surface area contributed by atoms with Gasteiger partial charge in [-0.05, 0) is 44.0 Å². The first-order valence-electron chi connectivity index (χ1n) is 9.16. The van der Waals surface area contributed by atoms with Gasteiger partial charge in [0, 0.05) is 24.8 Å². The van der Waals surface area contributed by atoms with Gasteiger partial charge in [0.2, 0.25) is 0 Å². The largest absolute Gasteiger partial charge is 0.466 e. The molecule has 2 N–H and O–H groups in total. The summed E-state index contributed by atoms with van der Waals surface area (Å²) in [7, 11) is 0. The SMILES string of the molecule is CCOC(=O)CCCCCNC(=O)n1ccc(C(=O)Nc2ccc(F)c(Cl)c2)n1. The van der Waals surface area contributed by atoms with Gasteiger partial charge in [-0.3, -0.25) is 9.59 Å². The molecular formula is C19H22ClFN4O4. The zero-order chi connectivity index (χ0) is 21.2. The summed E-state index contributed by atoms with van der Waals surface area (Å²) in [5, 5.41) is 9.02. The molecule has 10 heteroatoms. The van der Waals surface area contributed by atoms with Crippen LogP contribution in [0.5, 0.6) is 0 Å². The number of aromatic nitrogens is 2. The summed E-state index contributed by atoms with van der Waals surface area (Å²) in [4.78, 5) is 35.5. The number of hydrogen-bond donors (Lipinski definition) is 2. The molecule has 156 valence electrons. The van der Waals surface area contributed by atoms with E-state index < -0.39 is 17.8 Å². The number of nitrogens with zero attached hydrogens (tertiary/aromatic N) is 2. The number of unbranched alkanes of at least 4 members (excludes halogenated alkanes) is 2. The zero-order valence-corrected chi connectivity index (χ0v) is 16.7. The highest BCUT2D eigenvalue weighted by Crippen LogP contribution is 2.19. The third-order valence-electron chi connectivity index (χ3n) is 3.85. The van der Waals surface area contributed by atoms with E-state index >= 15 is 0 Å². The van der Waals surface area contributed by atoms with Crippen LogP contribution in [-0.4, -0.2) is 40.8 Å². The number of hydrogen-bond acceptors (Lipinski definition) is 5. The minimum Gasteiger partial charge on any atom is -0.466 e. The molecule has 0 spiro atoms. The predicted molar refractivity (Wildman–Crippen MR) is 105 cm³/mol. The summed E-state index contributed by atoms with van der Waals surface area (Å²) in [6.45, 7) is 2.55. The normalized spacial score (nSPS) is 10.4. The number of carbonyl (C=O) groups excluding carboxylic acids is 3. The average Bonchev–Trinajstić information content (AvgIpc) is 3.18. The summed E-state index contributed by atoms with van der Waals surface area (Å²) in [6.07, 6.45) is 3.88. The molecular weight excluding hydrogens is 403 g/mol. The van der Waals surface area contributed by atoms with Gasteiger partial charge >= 0.3 is 12.0 Å². The quantitative estimate of drug-likeness (QED) is 0.473. The average molecular weight is 425 g/mol. The second-order valence-electron chi connectivity index (χ2n) is 6.08. The molecule has 1 aromatic heterocycles. The minimum absolute atomic E-state index is 0.0232. The van der Waals surface area contributed by atoms with Gasteiger partial charge in [-0.1, -0.05) is 18.0 Å². The fourth-order valence-electron chi connectivity index (χ4n) is 2.41. The lowest BCUT2D eigenvalue weighted by atomic mass is 10.2. The summed E-state index contributed by atoms with van der Waals surface area (Å²) in [5.41, 5.74) is 0.332. The van der Waals surface area contributed by atoms with E-state index in [1.807, 2.05) is 0 Å². The van der Waals surface area contributed by atoms with Crippen molar-refractivity contribution in [2.45, 2.75) is 32.6 Å². The Morgan fingerprint density at radius 3 is 2.72 bits per heavy atom. The Morgan fingerprint density at radius 1 is 1.21 bits per heavy atom. The summed E-state index contributed by atoms with van der Waals surface area (Å²) in [6, 6.07) is 4.70. The number of anilines is 1. The second-order valence-corrected chi connectivity index (χ2v) is 6.48. The highest BCUT2D eigenvalue weighted by molar-refractivity contribution is 6.31. The van der Waals surface area contributed by atoms with Gasteiger partial charge in [-0.25, -0.2) is 9.18 Å². The van der Waals surface area contributed by atoms with E-state index in [1.54, 1.807) is 6.92 Å². The first-order valence-corrected chi connectivity index (χ1v) is 9.54. The summed E-state index contributed by atoms with van der Waals surface area (Å²) >= 11 is 5.68. The fraction of sp³-hybridized carbons (Fsp3) is 0.368. The number of benzene rings is 1. The maximum atomic E-state index is 13.2. The molecule has 0 radical (unpaired) electrons. The van der Waals surface area contributed by atoms with Crippen LogP contribution in [0.4, 0.5) is 14.9 Å². The molecule has 1 aromatic carbocycles. The maximum absolute atomic E-state index is 13.2. The van der Waals surface area contributed by atoms with Crippen LogP contribution in [0, 0.1) is 5.82 Å². The molecule has 0 fully saturated rings. The summed E-state index contributed by atoms with van der Waals surface area (Å²) < 4.78 is 19.0. The second kappa shape index (κ2) is 11.2. The highest BCUT2D eigenvalue weighted by Gasteiger charge is 2.13. The molecule has 0 aliphatic rings. The third kappa shape index (κ3) is 7.19. The van der Waals surface area contributed by atoms with Gasteiger partial charge in [0.15, 0.2) is 5.69 Å². The molecule has 2 amide bonds. The first kappa shape index (κ1) is 22.4. The van der Waals surface area contributed by atoms with Gasteiger partial charge in [-0.2, -0.15) is 9.78 Å². The Bertz CT molecular complexity index is 872. The van der Waals surface area contributed by atoms with Crippen LogP contribution in [0.2, 0.25) is 5.02 Å². The molecule has 0 saturated heterocycles. The zero-order valence-electron chi connectivity index (χ0n) is 15.9.